The molecule has 1 atom stereocenters. The lowest BCUT2D eigenvalue weighted by molar-refractivity contribution is -0.146. The summed E-state index contributed by atoms with van der Waals surface area (Å²) in [7, 11) is 1.63. The van der Waals surface area contributed by atoms with Crippen LogP contribution in [-0.2, 0) is 20.9 Å². The van der Waals surface area contributed by atoms with Gasteiger partial charge in [-0.15, -0.1) is 10.2 Å². The second-order valence-corrected chi connectivity index (χ2v) is 11.6. The lowest BCUT2D eigenvalue weighted by atomic mass is 9.49. The van der Waals surface area contributed by atoms with Crippen LogP contribution in [0.15, 0.2) is 29.4 Å². The Morgan fingerprint density at radius 1 is 1.11 bits per heavy atom. The van der Waals surface area contributed by atoms with Gasteiger partial charge in [-0.05, 0) is 94.4 Å². The average molecular weight is 499 g/mol. The predicted molar refractivity (Wildman–Crippen MR) is 132 cm³/mol. The van der Waals surface area contributed by atoms with Crippen LogP contribution in [-0.4, -0.2) is 45.6 Å². The standard InChI is InChI=1S/C26H34N4O4S/c1-4-34-23(31)16(2)35-25-29-28-22(30(25)20-5-7-21(33-3)8-6-20)15-27-24(32)26-12-17-9-18(13-26)11-19(10-17)14-26/h5-8,16-19H,4,9-15H2,1-3H3,(H,27,32)/t16-,17?,18?,19?,26?/m1/s1. The maximum absolute atomic E-state index is 13.5. The van der Waals surface area contributed by atoms with Crippen molar-refractivity contribution in [3.05, 3.63) is 30.1 Å². The number of nitrogens with one attached hydrogen (secondary N) is 1. The van der Waals surface area contributed by atoms with E-state index in [1.165, 1.54) is 31.0 Å². The normalized spacial score (nSPS) is 27.5. The number of aromatic nitrogens is 3. The monoisotopic (exact) mass is 498 g/mol. The fourth-order valence-corrected chi connectivity index (χ4v) is 7.57. The van der Waals surface area contributed by atoms with Gasteiger partial charge in [-0.1, -0.05) is 11.8 Å². The molecular weight excluding hydrogens is 464 g/mol. The van der Waals surface area contributed by atoms with Crippen LogP contribution in [0.4, 0.5) is 0 Å². The van der Waals surface area contributed by atoms with Crippen LogP contribution < -0.4 is 10.1 Å². The summed E-state index contributed by atoms with van der Waals surface area (Å²) < 4.78 is 12.4. The van der Waals surface area contributed by atoms with Crippen molar-refractivity contribution >= 4 is 23.6 Å². The quantitative estimate of drug-likeness (QED) is 0.410. The highest BCUT2D eigenvalue weighted by atomic mass is 32.2. The van der Waals surface area contributed by atoms with Gasteiger partial charge in [0.1, 0.15) is 11.0 Å². The highest BCUT2D eigenvalue weighted by Gasteiger charge is 2.54. The molecule has 35 heavy (non-hydrogen) atoms. The summed E-state index contributed by atoms with van der Waals surface area (Å²) in [6.45, 7) is 4.20. The zero-order chi connectivity index (χ0) is 24.6. The Bertz CT molecular complexity index is 1050. The molecule has 1 aromatic heterocycles. The van der Waals surface area contributed by atoms with E-state index in [2.05, 4.69) is 15.5 Å². The molecule has 1 aromatic carbocycles. The number of esters is 1. The molecule has 188 valence electrons. The maximum Gasteiger partial charge on any atom is 0.319 e. The number of hydrogen-bond donors (Lipinski definition) is 1. The lowest BCUT2D eigenvalue weighted by Crippen LogP contribution is -2.53. The fraction of sp³-hybridized carbons (Fsp3) is 0.615. The molecule has 0 spiro atoms. The van der Waals surface area contributed by atoms with E-state index in [1.54, 1.807) is 21.0 Å². The van der Waals surface area contributed by atoms with Crippen molar-refractivity contribution < 1.29 is 19.1 Å². The van der Waals surface area contributed by atoms with Gasteiger partial charge >= 0.3 is 5.97 Å². The second-order valence-electron chi connectivity index (χ2n) is 10.3. The van der Waals surface area contributed by atoms with Crippen LogP contribution in [0.5, 0.6) is 5.75 Å². The van der Waals surface area contributed by atoms with Crippen molar-refractivity contribution in [3.63, 3.8) is 0 Å². The number of benzene rings is 1. The van der Waals surface area contributed by atoms with Crippen LogP contribution >= 0.6 is 11.8 Å². The molecule has 2 aromatic rings. The summed E-state index contributed by atoms with van der Waals surface area (Å²) in [5.74, 6) is 3.37. The van der Waals surface area contributed by atoms with E-state index in [-0.39, 0.29) is 23.8 Å². The molecule has 4 bridgehead atoms. The van der Waals surface area contributed by atoms with E-state index in [9.17, 15) is 9.59 Å². The zero-order valence-corrected chi connectivity index (χ0v) is 21.5. The van der Waals surface area contributed by atoms with Crippen molar-refractivity contribution in [2.24, 2.45) is 23.2 Å². The summed E-state index contributed by atoms with van der Waals surface area (Å²) in [5, 5.41) is 12.1. The van der Waals surface area contributed by atoms with E-state index in [4.69, 9.17) is 9.47 Å². The number of carbonyl (C=O) groups is 2. The molecule has 4 saturated carbocycles. The van der Waals surface area contributed by atoms with Crippen LogP contribution in [0.2, 0.25) is 0 Å². The average Bonchev–Trinajstić information content (AvgIpc) is 3.24. The molecule has 0 radical (unpaired) electrons. The number of nitrogens with zero attached hydrogens (tertiary/aromatic N) is 3. The van der Waals surface area contributed by atoms with Gasteiger partial charge in [0.2, 0.25) is 5.91 Å². The van der Waals surface area contributed by atoms with Gasteiger partial charge in [0.05, 0.1) is 20.3 Å². The maximum atomic E-state index is 13.5. The zero-order valence-electron chi connectivity index (χ0n) is 20.7. The largest absolute Gasteiger partial charge is 0.497 e. The van der Waals surface area contributed by atoms with Gasteiger partial charge in [-0.3, -0.25) is 14.2 Å². The van der Waals surface area contributed by atoms with Gasteiger partial charge in [0, 0.05) is 11.1 Å². The van der Waals surface area contributed by atoms with Crippen molar-refractivity contribution in [1.82, 2.24) is 20.1 Å². The van der Waals surface area contributed by atoms with Crippen molar-refractivity contribution in [3.8, 4) is 11.4 Å². The second kappa shape index (κ2) is 9.84. The fourth-order valence-electron chi connectivity index (χ4n) is 6.68. The number of amides is 1. The summed E-state index contributed by atoms with van der Waals surface area (Å²) in [4.78, 5) is 25.7. The highest BCUT2D eigenvalue weighted by molar-refractivity contribution is 8.00. The molecule has 4 aliphatic rings. The Morgan fingerprint density at radius 3 is 2.31 bits per heavy atom. The van der Waals surface area contributed by atoms with Gasteiger partial charge in [0.15, 0.2) is 11.0 Å². The Labute approximate surface area is 210 Å². The van der Waals surface area contributed by atoms with E-state index >= 15 is 0 Å². The molecule has 0 unspecified atom stereocenters. The van der Waals surface area contributed by atoms with Gasteiger partial charge in [0.25, 0.3) is 0 Å². The third-order valence-electron chi connectivity index (χ3n) is 7.86. The van der Waals surface area contributed by atoms with Crippen molar-refractivity contribution in [2.45, 2.75) is 69.3 Å². The molecule has 1 heterocycles. The molecule has 1 amide bonds. The Morgan fingerprint density at radius 2 is 1.74 bits per heavy atom. The molecule has 8 nitrogen and oxygen atoms in total. The molecule has 4 aliphatic carbocycles. The first-order valence-electron chi connectivity index (χ1n) is 12.6. The number of rotatable bonds is 9. The summed E-state index contributed by atoms with van der Waals surface area (Å²) in [6.07, 6.45) is 6.98. The molecule has 6 rings (SSSR count). The van der Waals surface area contributed by atoms with Gasteiger partial charge < -0.3 is 14.8 Å². The Kier molecular flexibility index (Phi) is 6.79. The van der Waals surface area contributed by atoms with Crippen LogP contribution in [0, 0.1) is 23.2 Å². The van der Waals surface area contributed by atoms with Crippen molar-refractivity contribution in [2.75, 3.05) is 13.7 Å². The Hall–Kier alpha value is -2.55. The first-order valence-corrected chi connectivity index (χ1v) is 13.5. The molecule has 0 aliphatic heterocycles. The summed E-state index contributed by atoms with van der Waals surface area (Å²) >= 11 is 1.30. The third-order valence-corrected chi connectivity index (χ3v) is 8.88. The van der Waals surface area contributed by atoms with Crippen LogP contribution in [0.25, 0.3) is 5.69 Å². The lowest BCUT2D eigenvalue weighted by Gasteiger charge is -2.55. The number of ether oxygens (including phenoxy) is 2. The van der Waals surface area contributed by atoms with E-state index in [0.29, 0.717) is 35.3 Å². The minimum Gasteiger partial charge on any atom is -0.497 e. The van der Waals surface area contributed by atoms with Crippen LogP contribution in [0.1, 0.15) is 58.2 Å². The van der Waals surface area contributed by atoms with Crippen LogP contribution in [0.3, 0.4) is 0 Å². The van der Waals surface area contributed by atoms with Gasteiger partial charge in [-0.2, -0.15) is 0 Å². The van der Waals surface area contributed by atoms with E-state index in [0.717, 1.165) is 30.7 Å². The Balaban J connectivity index is 1.36. The number of hydrogen-bond acceptors (Lipinski definition) is 7. The predicted octanol–water partition coefficient (Wildman–Crippen LogP) is 4.15. The van der Waals surface area contributed by atoms with E-state index in [1.807, 2.05) is 28.8 Å². The van der Waals surface area contributed by atoms with Gasteiger partial charge in [-0.25, -0.2) is 0 Å². The molecular formula is C26H34N4O4S. The number of methoxy groups -OCH3 is 1. The first kappa shape index (κ1) is 24.2. The first-order chi connectivity index (χ1) is 16.9. The number of thioether (sulfide) groups is 1. The minimum absolute atomic E-state index is 0.162. The van der Waals surface area contributed by atoms with E-state index < -0.39 is 5.25 Å². The topological polar surface area (TPSA) is 95.3 Å². The summed E-state index contributed by atoms with van der Waals surface area (Å²) in [6, 6.07) is 7.59. The molecule has 1 N–H and O–H groups in total. The smallest absolute Gasteiger partial charge is 0.319 e. The van der Waals surface area contributed by atoms with Crippen molar-refractivity contribution in [1.29, 1.82) is 0 Å². The third kappa shape index (κ3) is 4.79. The SMILES string of the molecule is CCOC(=O)[C@@H](C)Sc1nnc(CNC(=O)C23CC4CC(CC(C4)C2)C3)n1-c1ccc(OC)cc1. The molecule has 9 heteroatoms. The highest BCUT2D eigenvalue weighted by Crippen LogP contribution is 2.60. The minimum atomic E-state index is -0.439. The molecule has 0 saturated heterocycles. The number of carbonyl (C=O) groups excluding carboxylic acids is 2. The molecule has 4 fully saturated rings. The summed E-state index contributed by atoms with van der Waals surface area (Å²) in [5.41, 5.74) is 0.629.